The van der Waals surface area contributed by atoms with E-state index in [0.717, 1.165) is 18.9 Å². The van der Waals surface area contributed by atoms with Crippen molar-refractivity contribution in [3.63, 3.8) is 0 Å². The van der Waals surface area contributed by atoms with Crippen molar-refractivity contribution in [2.45, 2.75) is 77.4 Å². The smallest absolute Gasteiger partial charge is 0.0753 e. The summed E-state index contributed by atoms with van der Waals surface area (Å²) in [4.78, 5) is 0. The molecule has 0 amide bonds. The van der Waals surface area contributed by atoms with E-state index < -0.39 is 0 Å². The molecule has 96 valence electrons. The molecule has 0 aliphatic heterocycles. The second-order valence-corrected chi connectivity index (χ2v) is 5.12. The molecule has 0 radical (unpaired) electrons. The third kappa shape index (κ3) is 5.31. The van der Waals surface area contributed by atoms with Crippen LogP contribution >= 0.6 is 0 Å². The molecule has 2 unspecified atom stereocenters. The summed E-state index contributed by atoms with van der Waals surface area (Å²) in [6, 6.07) is 0.272. The van der Waals surface area contributed by atoms with E-state index in [1.54, 1.807) is 0 Å². The molecule has 0 bridgehead atoms. The van der Waals surface area contributed by atoms with Crippen molar-refractivity contribution < 1.29 is 4.74 Å². The summed E-state index contributed by atoms with van der Waals surface area (Å²) in [5, 5.41) is 0. The van der Waals surface area contributed by atoms with E-state index in [-0.39, 0.29) is 6.04 Å². The molecular weight excluding hydrogens is 198 g/mol. The van der Waals surface area contributed by atoms with E-state index in [0.29, 0.717) is 6.10 Å². The molecule has 16 heavy (non-hydrogen) atoms. The fourth-order valence-electron chi connectivity index (χ4n) is 2.37. The lowest BCUT2D eigenvalue weighted by atomic mass is 10.00. The minimum atomic E-state index is 0.272. The number of ether oxygens (including phenoxy) is 1. The van der Waals surface area contributed by atoms with Crippen LogP contribution in [-0.4, -0.2) is 18.8 Å². The maximum Gasteiger partial charge on any atom is 0.0753 e. The predicted molar refractivity (Wildman–Crippen MR) is 69.5 cm³/mol. The Bertz CT molecular complexity index is 168. The van der Waals surface area contributed by atoms with Gasteiger partial charge in [0.05, 0.1) is 6.10 Å². The number of hydrogen-bond donors (Lipinski definition) is 1. The summed E-state index contributed by atoms with van der Waals surface area (Å²) in [6.45, 7) is 5.14. The molecule has 1 saturated carbocycles. The molecule has 2 atom stereocenters. The zero-order chi connectivity index (χ0) is 11.8. The van der Waals surface area contributed by atoms with E-state index in [2.05, 4.69) is 13.8 Å². The van der Waals surface area contributed by atoms with Crippen molar-refractivity contribution in [3.8, 4) is 0 Å². The lowest BCUT2D eigenvalue weighted by Gasteiger charge is -2.23. The maximum atomic E-state index is 6.23. The Balaban J connectivity index is 2.08. The lowest BCUT2D eigenvalue weighted by Crippen LogP contribution is -2.38. The molecule has 0 aromatic carbocycles. The largest absolute Gasteiger partial charge is 0.377 e. The standard InChI is InChI=1S/C14H29NO/c1-3-5-6-7-8-9-13(15)14(16-4-2)12-10-11-12/h12-14H,3-11,15H2,1-2H3. The summed E-state index contributed by atoms with van der Waals surface area (Å²) in [5.41, 5.74) is 6.23. The van der Waals surface area contributed by atoms with Gasteiger partial charge in [-0.2, -0.15) is 0 Å². The Morgan fingerprint density at radius 2 is 1.81 bits per heavy atom. The first-order chi connectivity index (χ1) is 7.79. The van der Waals surface area contributed by atoms with Crippen LogP contribution < -0.4 is 5.73 Å². The van der Waals surface area contributed by atoms with Crippen LogP contribution in [0.4, 0.5) is 0 Å². The molecule has 1 rings (SSSR count). The summed E-state index contributed by atoms with van der Waals surface area (Å²) in [6.07, 6.45) is 10.8. The Morgan fingerprint density at radius 3 is 2.38 bits per heavy atom. The predicted octanol–water partition coefficient (Wildman–Crippen LogP) is 3.49. The first kappa shape index (κ1) is 14.0. The molecule has 1 aliphatic carbocycles. The van der Waals surface area contributed by atoms with Gasteiger partial charge in [0, 0.05) is 12.6 Å². The minimum absolute atomic E-state index is 0.272. The van der Waals surface area contributed by atoms with Crippen molar-refractivity contribution in [2.75, 3.05) is 6.61 Å². The average Bonchev–Trinajstić information content (AvgIpc) is 3.09. The minimum Gasteiger partial charge on any atom is -0.377 e. The molecular formula is C14H29NO. The molecule has 0 aromatic heterocycles. The highest BCUT2D eigenvalue weighted by Gasteiger charge is 2.35. The third-order valence-corrected chi connectivity index (χ3v) is 3.51. The van der Waals surface area contributed by atoms with Gasteiger partial charge in [0.1, 0.15) is 0 Å². The second-order valence-electron chi connectivity index (χ2n) is 5.12. The highest BCUT2D eigenvalue weighted by Crippen LogP contribution is 2.36. The Hall–Kier alpha value is -0.0800. The molecule has 2 nitrogen and oxygen atoms in total. The van der Waals surface area contributed by atoms with E-state index in [9.17, 15) is 0 Å². The number of unbranched alkanes of at least 4 members (excludes halogenated alkanes) is 4. The first-order valence-electron chi connectivity index (χ1n) is 7.16. The maximum absolute atomic E-state index is 6.23. The number of nitrogens with two attached hydrogens (primary N) is 1. The third-order valence-electron chi connectivity index (χ3n) is 3.51. The van der Waals surface area contributed by atoms with Crippen LogP contribution in [0.1, 0.15) is 65.2 Å². The van der Waals surface area contributed by atoms with Crippen molar-refractivity contribution in [3.05, 3.63) is 0 Å². The van der Waals surface area contributed by atoms with Gasteiger partial charge in [-0.3, -0.25) is 0 Å². The van der Waals surface area contributed by atoms with Gasteiger partial charge in [-0.25, -0.2) is 0 Å². The van der Waals surface area contributed by atoms with Crippen molar-refractivity contribution in [1.29, 1.82) is 0 Å². The van der Waals surface area contributed by atoms with Gasteiger partial charge in [-0.05, 0) is 32.1 Å². The monoisotopic (exact) mass is 227 g/mol. The van der Waals surface area contributed by atoms with Crippen LogP contribution in [0, 0.1) is 5.92 Å². The zero-order valence-corrected chi connectivity index (χ0v) is 11.1. The SMILES string of the molecule is CCCCCCCC(N)C(OCC)C1CC1. The summed E-state index contributed by atoms with van der Waals surface area (Å²) < 4.78 is 5.78. The topological polar surface area (TPSA) is 35.2 Å². The van der Waals surface area contributed by atoms with Crippen molar-refractivity contribution >= 4 is 0 Å². The number of rotatable bonds is 10. The Labute approximate surface area is 101 Å². The van der Waals surface area contributed by atoms with E-state index in [4.69, 9.17) is 10.5 Å². The molecule has 0 aromatic rings. The average molecular weight is 227 g/mol. The Morgan fingerprint density at radius 1 is 1.12 bits per heavy atom. The van der Waals surface area contributed by atoms with Crippen LogP contribution in [0.3, 0.4) is 0 Å². The van der Waals surface area contributed by atoms with Gasteiger partial charge >= 0.3 is 0 Å². The number of hydrogen-bond acceptors (Lipinski definition) is 2. The molecule has 1 fully saturated rings. The van der Waals surface area contributed by atoms with E-state index >= 15 is 0 Å². The van der Waals surface area contributed by atoms with Gasteiger partial charge in [0.2, 0.25) is 0 Å². The molecule has 0 saturated heterocycles. The summed E-state index contributed by atoms with van der Waals surface area (Å²) in [5.74, 6) is 0.769. The summed E-state index contributed by atoms with van der Waals surface area (Å²) >= 11 is 0. The fourth-order valence-corrected chi connectivity index (χ4v) is 2.37. The van der Waals surface area contributed by atoms with Crippen LogP contribution in [0.2, 0.25) is 0 Å². The van der Waals surface area contributed by atoms with Crippen LogP contribution in [0.25, 0.3) is 0 Å². The first-order valence-corrected chi connectivity index (χ1v) is 7.16. The van der Waals surface area contributed by atoms with E-state index in [1.807, 2.05) is 0 Å². The lowest BCUT2D eigenvalue weighted by molar-refractivity contribution is 0.0262. The Kier molecular flexibility index (Phi) is 7.06. The zero-order valence-electron chi connectivity index (χ0n) is 11.1. The van der Waals surface area contributed by atoms with Gasteiger partial charge < -0.3 is 10.5 Å². The van der Waals surface area contributed by atoms with Crippen molar-refractivity contribution in [1.82, 2.24) is 0 Å². The second kappa shape index (κ2) is 8.08. The molecule has 1 aliphatic rings. The van der Waals surface area contributed by atoms with Gasteiger partial charge in [-0.15, -0.1) is 0 Å². The molecule has 2 N–H and O–H groups in total. The van der Waals surface area contributed by atoms with Crippen LogP contribution in [0.15, 0.2) is 0 Å². The summed E-state index contributed by atoms with van der Waals surface area (Å²) in [7, 11) is 0. The normalized spacial score (nSPS) is 19.7. The fraction of sp³-hybridized carbons (Fsp3) is 1.00. The molecule has 0 heterocycles. The van der Waals surface area contributed by atoms with E-state index in [1.165, 1.54) is 44.9 Å². The van der Waals surface area contributed by atoms with Crippen LogP contribution in [0.5, 0.6) is 0 Å². The van der Waals surface area contributed by atoms with Gasteiger partial charge in [-0.1, -0.05) is 39.0 Å². The van der Waals surface area contributed by atoms with Gasteiger partial charge in [0.15, 0.2) is 0 Å². The molecule has 2 heteroatoms. The molecule has 0 spiro atoms. The van der Waals surface area contributed by atoms with Gasteiger partial charge in [0.25, 0.3) is 0 Å². The highest BCUT2D eigenvalue weighted by atomic mass is 16.5. The highest BCUT2D eigenvalue weighted by molar-refractivity contribution is 4.88. The quantitative estimate of drug-likeness (QED) is 0.580. The van der Waals surface area contributed by atoms with Crippen molar-refractivity contribution in [2.24, 2.45) is 11.7 Å². The van der Waals surface area contributed by atoms with Crippen LogP contribution in [-0.2, 0) is 4.74 Å².